The Hall–Kier alpha value is 0.946. The van der Waals surface area contributed by atoms with Gasteiger partial charge in [0.25, 0.3) is 0 Å². The summed E-state index contributed by atoms with van der Waals surface area (Å²) in [6.07, 6.45) is 2.79. The molecule has 0 spiro atoms. The fourth-order valence-electron chi connectivity index (χ4n) is 1.09. The van der Waals surface area contributed by atoms with E-state index in [4.69, 9.17) is 0 Å². The van der Waals surface area contributed by atoms with Gasteiger partial charge in [-0.1, -0.05) is 24.3 Å². The van der Waals surface area contributed by atoms with Crippen LogP contribution in [0, 0.1) is 6.07 Å². The zero-order valence-electron chi connectivity index (χ0n) is 6.76. The summed E-state index contributed by atoms with van der Waals surface area (Å²) < 4.78 is 0. The molecule has 0 unspecified atom stereocenters. The van der Waals surface area contributed by atoms with E-state index < -0.39 is 0 Å². The Kier molecular flexibility index (Phi) is 5.89. The van der Waals surface area contributed by atoms with Crippen LogP contribution in [0.15, 0.2) is 24.3 Å². The Labute approximate surface area is 95.6 Å². The Morgan fingerprint density at radius 1 is 1.25 bits per heavy atom. The molecule has 0 N–H and O–H groups in total. The average Bonchev–Trinajstić information content (AvgIpc) is 2.90. The molecule has 0 bridgehead atoms. The van der Waals surface area contributed by atoms with Crippen molar-refractivity contribution in [3.63, 3.8) is 0 Å². The zero-order chi connectivity index (χ0) is 8.81. The first-order valence-corrected chi connectivity index (χ1v) is 11.8. The molecular formula is C9H9Br2Mg. The molecule has 1 fully saturated rings. The molecule has 0 amide bonds. The number of rotatable bonds is 1. The van der Waals surface area contributed by atoms with Gasteiger partial charge < -0.3 is 0 Å². The predicted octanol–water partition coefficient (Wildman–Crippen LogP) is 3.67. The summed E-state index contributed by atoms with van der Waals surface area (Å²) in [7, 11) is 0. The fourth-order valence-corrected chi connectivity index (χ4v) is 1.09. The molecule has 12 heavy (non-hydrogen) atoms. The van der Waals surface area contributed by atoms with Crippen LogP contribution in [0.4, 0.5) is 0 Å². The molecule has 1 saturated carbocycles. The van der Waals surface area contributed by atoms with Crippen LogP contribution < -0.4 is 0 Å². The summed E-state index contributed by atoms with van der Waals surface area (Å²) in [5.74, 6) is 0.889. The molecule has 2 rings (SSSR count). The molecular weight excluding hydrogens is 292 g/mol. The minimum Gasteiger partial charge on any atom is -0.280 e. The van der Waals surface area contributed by atoms with Gasteiger partial charge in [0.05, 0.1) is 0 Å². The van der Waals surface area contributed by atoms with Crippen molar-refractivity contribution in [2.24, 2.45) is 0 Å². The van der Waals surface area contributed by atoms with Crippen molar-refractivity contribution in [1.82, 2.24) is 0 Å². The molecule has 0 aliphatic heterocycles. The largest absolute Gasteiger partial charge is 0.560 e. The maximum Gasteiger partial charge on any atom is 0.560 e. The molecule has 1 aromatic carbocycles. The quantitative estimate of drug-likeness (QED) is 0.694. The smallest absolute Gasteiger partial charge is 0.280 e. The summed E-state index contributed by atoms with van der Waals surface area (Å²) in [5.41, 5.74) is 1.49. The van der Waals surface area contributed by atoms with Crippen molar-refractivity contribution in [2.45, 2.75) is 18.8 Å². The summed E-state index contributed by atoms with van der Waals surface area (Å²) in [6, 6.07) is 11.3. The topological polar surface area (TPSA) is 0 Å². The summed E-state index contributed by atoms with van der Waals surface area (Å²) in [5, 5.41) is 0. The van der Waals surface area contributed by atoms with Crippen LogP contribution in [0.5, 0.6) is 0 Å². The van der Waals surface area contributed by atoms with Crippen LogP contribution >= 0.6 is 25.8 Å². The summed E-state index contributed by atoms with van der Waals surface area (Å²) in [6.45, 7) is 0. The summed E-state index contributed by atoms with van der Waals surface area (Å²) in [4.78, 5) is 0. The predicted molar refractivity (Wildman–Crippen MR) is 60.9 cm³/mol. The third-order valence-corrected chi connectivity index (χ3v) is 1.79. The molecule has 0 atom stereocenters. The number of hydrogen-bond donors (Lipinski definition) is 0. The van der Waals surface area contributed by atoms with Gasteiger partial charge in [-0.15, -0.1) is 0 Å². The molecule has 61 valence electrons. The molecule has 0 saturated heterocycles. The van der Waals surface area contributed by atoms with E-state index in [9.17, 15) is 0 Å². The zero-order valence-corrected chi connectivity index (χ0v) is 11.4. The van der Waals surface area contributed by atoms with Crippen molar-refractivity contribution in [3.05, 3.63) is 35.9 Å². The van der Waals surface area contributed by atoms with E-state index in [0.717, 1.165) is 5.92 Å². The minimum absolute atomic E-state index is 0.0417. The first-order chi connectivity index (χ1) is 5.88. The van der Waals surface area contributed by atoms with E-state index in [2.05, 4.69) is 44.0 Å². The maximum absolute atomic E-state index is 3.20. The van der Waals surface area contributed by atoms with Crippen molar-refractivity contribution < 1.29 is 0 Å². The molecule has 0 nitrogen and oxygen atoms in total. The van der Waals surface area contributed by atoms with Gasteiger partial charge in [-0.2, -0.15) is 0 Å². The Morgan fingerprint density at radius 3 is 2.17 bits per heavy atom. The Bertz CT molecular complexity index is 209. The lowest BCUT2D eigenvalue weighted by Crippen LogP contribution is -1.73. The molecule has 0 heterocycles. The molecule has 1 radical (unpaired) electrons. The third-order valence-electron chi connectivity index (χ3n) is 1.79. The van der Waals surface area contributed by atoms with Gasteiger partial charge in [0.1, 0.15) is 0 Å². The van der Waals surface area contributed by atoms with E-state index in [1.807, 2.05) is 12.1 Å². The van der Waals surface area contributed by atoms with E-state index in [1.165, 1.54) is 18.4 Å². The second-order valence-electron chi connectivity index (χ2n) is 2.71. The van der Waals surface area contributed by atoms with Gasteiger partial charge in [-0.05, 0) is 30.4 Å². The highest BCUT2D eigenvalue weighted by atomic mass is 79.9. The molecule has 1 aliphatic rings. The normalized spacial score (nSPS) is 14.2. The van der Waals surface area contributed by atoms with Crippen molar-refractivity contribution in [2.75, 3.05) is 0 Å². The third kappa shape index (κ3) is 4.26. The Balaban J connectivity index is 0.000000213. The van der Waals surface area contributed by atoms with E-state index in [-0.39, 0.29) is 16.0 Å². The van der Waals surface area contributed by atoms with Gasteiger partial charge in [0.2, 0.25) is 0 Å². The first-order valence-electron chi connectivity index (χ1n) is 3.96. The van der Waals surface area contributed by atoms with E-state index in [0.29, 0.717) is 0 Å². The van der Waals surface area contributed by atoms with Crippen LogP contribution in [-0.2, 0) is 0 Å². The van der Waals surface area contributed by atoms with Gasteiger partial charge in [-0.3, -0.25) is 25.8 Å². The van der Waals surface area contributed by atoms with Crippen LogP contribution in [0.1, 0.15) is 24.3 Å². The fraction of sp³-hybridized carbons (Fsp3) is 0.333. The van der Waals surface area contributed by atoms with Gasteiger partial charge in [-0.25, -0.2) is 0 Å². The molecule has 0 aromatic heterocycles. The second kappa shape index (κ2) is 6.41. The van der Waals surface area contributed by atoms with Crippen LogP contribution in [0.2, 0.25) is 0 Å². The van der Waals surface area contributed by atoms with Gasteiger partial charge in [0.15, 0.2) is 0 Å². The van der Waals surface area contributed by atoms with Gasteiger partial charge >= 0.3 is 16.0 Å². The second-order valence-corrected chi connectivity index (χ2v) is 10.8. The SMILES string of the molecule is [Br][Mg][Br].[c]1ccc(C2CC2)cc1. The molecule has 1 aromatic rings. The minimum atomic E-state index is 0.0417. The van der Waals surface area contributed by atoms with E-state index in [1.54, 1.807) is 0 Å². The summed E-state index contributed by atoms with van der Waals surface area (Å²) >= 11 is 6.44. The maximum atomic E-state index is 3.20. The number of hydrogen-bond acceptors (Lipinski definition) is 0. The lowest BCUT2D eigenvalue weighted by molar-refractivity contribution is 1.13. The van der Waals surface area contributed by atoms with Crippen LogP contribution in [-0.4, -0.2) is 16.0 Å². The van der Waals surface area contributed by atoms with Crippen molar-refractivity contribution in [3.8, 4) is 0 Å². The Morgan fingerprint density at radius 2 is 1.75 bits per heavy atom. The number of halogens is 2. The molecule has 1 aliphatic carbocycles. The highest BCUT2D eigenvalue weighted by Gasteiger charge is 2.22. The standard InChI is InChI=1S/C9H9.2BrH.Mg/c1-2-4-8(5-3-1)9-6-7-9;;;/h2-5,9H,6-7H2;2*1H;/q;;;+2/p-2. The average molecular weight is 301 g/mol. The lowest BCUT2D eigenvalue weighted by Gasteiger charge is -1.91. The van der Waals surface area contributed by atoms with Crippen LogP contribution in [0.3, 0.4) is 0 Å². The first kappa shape index (κ1) is 11.0. The lowest BCUT2D eigenvalue weighted by atomic mass is 10.1. The highest BCUT2D eigenvalue weighted by Crippen LogP contribution is 2.39. The van der Waals surface area contributed by atoms with E-state index >= 15 is 0 Å². The van der Waals surface area contributed by atoms with Crippen molar-refractivity contribution >= 4 is 41.8 Å². The molecule has 3 heteroatoms. The monoisotopic (exact) mass is 299 g/mol. The highest BCUT2D eigenvalue weighted by molar-refractivity contribution is 9.47. The number of benzene rings is 1. The van der Waals surface area contributed by atoms with Crippen LogP contribution in [0.25, 0.3) is 0 Å². The van der Waals surface area contributed by atoms with Gasteiger partial charge in [0, 0.05) is 0 Å². The van der Waals surface area contributed by atoms with Crippen molar-refractivity contribution in [1.29, 1.82) is 0 Å².